The third kappa shape index (κ3) is 7.52. The molecule has 0 atom stereocenters. The summed E-state index contributed by atoms with van der Waals surface area (Å²) < 4.78 is 84.5. The first-order chi connectivity index (χ1) is 13.8. The van der Waals surface area contributed by atoms with Crippen molar-refractivity contribution < 1.29 is 50.3 Å². The summed E-state index contributed by atoms with van der Waals surface area (Å²) in [7, 11) is -12.9. The van der Waals surface area contributed by atoms with Gasteiger partial charge in [0.15, 0.2) is 12.4 Å². The number of sulfonamides is 2. The average Bonchev–Trinajstić information content (AvgIpc) is 3.09. The molecule has 0 spiro atoms. The molecule has 0 radical (unpaired) electrons. The molecule has 3 aromatic rings. The summed E-state index contributed by atoms with van der Waals surface area (Å²) in [6.07, 6.45) is 3.66. The number of rotatable bonds is 5. The fourth-order valence-electron chi connectivity index (χ4n) is 1.91. The third-order valence-electron chi connectivity index (χ3n) is 3.03. The van der Waals surface area contributed by atoms with Gasteiger partial charge in [-0.1, -0.05) is 17.4 Å². The monoisotopic (exact) mass is 497 g/mol. The Hall–Kier alpha value is -2.28. The zero-order chi connectivity index (χ0) is 22.6. The first-order valence-electron chi connectivity index (χ1n) is 7.33. The summed E-state index contributed by atoms with van der Waals surface area (Å²) in [5.74, 6) is 0. The van der Waals surface area contributed by atoms with Crippen molar-refractivity contribution in [1.82, 2.24) is 10.2 Å². The summed E-state index contributed by atoms with van der Waals surface area (Å²) in [6, 6.07) is 11.7. The number of halogens is 1. The number of nitrogens with one attached hydrogen (secondary N) is 1. The first kappa shape index (κ1) is 24.0. The molecule has 1 aromatic carbocycles. The van der Waals surface area contributed by atoms with Crippen LogP contribution in [0.15, 0.2) is 64.1 Å². The molecule has 0 saturated heterocycles. The van der Waals surface area contributed by atoms with Crippen LogP contribution in [0.25, 0.3) is 5.69 Å². The lowest BCUT2D eigenvalue weighted by molar-refractivity contribution is -2.00. The number of pyridine rings is 1. The van der Waals surface area contributed by atoms with Gasteiger partial charge in [-0.15, -0.1) is 20.4 Å². The van der Waals surface area contributed by atoms with Crippen molar-refractivity contribution in [2.45, 2.75) is 9.24 Å². The highest BCUT2D eigenvalue weighted by Crippen LogP contribution is 2.22. The van der Waals surface area contributed by atoms with Gasteiger partial charge in [-0.05, 0) is 12.1 Å². The largest absolute Gasteiger partial charge is 0.267 e. The summed E-state index contributed by atoms with van der Waals surface area (Å²) in [5.41, 5.74) is 0.784. The van der Waals surface area contributed by atoms with Crippen LogP contribution in [0.4, 0.5) is 5.13 Å². The Labute approximate surface area is 176 Å². The molecule has 0 aliphatic heterocycles. The van der Waals surface area contributed by atoms with Crippen molar-refractivity contribution in [1.29, 1.82) is 0 Å². The standard InChI is InChI=1S/C13H12N5O4S3.ClHO4/c14-24(19,20)13-16-15-12(23-13)17-25(21,22)11-6-4-10(5-7-11)18-8-2-1-3-9-18;2-1(3,4)5/h1-9H,(H,15,17)(H2,14,19,20);(H,2,3,4,5)/q+1;/p-1. The van der Waals surface area contributed by atoms with Crippen molar-refractivity contribution in [3.05, 3.63) is 54.9 Å². The van der Waals surface area contributed by atoms with Crippen molar-refractivity contribution >= 4 is 36.5 Å². The summed E-state index contributed by atoms with van der Waals surface area (Å²) >= 11 is 0.532. The molecule has 0 aliphatic carbocycles. The molecular weight excluding hydrogens is 486 g/mol. The maximum Gasteiger partial charge on any atom is 0.267 e. The molecule has 2 aromatic heterocycles. The Bertz CT molecular complexity index is 1190. The molecule has 0 amide bonds. The molecule has 30 heavy (non-hydrogen) atoms. The second-order valence-corrected chi connectivity index (χ2v) is 10.3. The van der Waals surface area contributed by atoms with E-state index in [2.05, 4.69) is 14.9 Å². The maximum absolute atomic E-state index is 12.3. The fraction of sp³-hybridized carbons (Fsp3) is 0. The minimum atomic E-state index is -4.94. The molecule has 0 bridgehead atoms. The number of aromatic nitrogens is 3. The number of anilines is 1. The Morgan fingerprint density at radius 3 is 1.93 bits per heavy atom. The SMILES string of the molecule is NS(=O)(=O)c1nnc(NS(=O)(=O)c2ccc(-[n+]3ccccc3)cc2)s1.[O-][Cl+3]([O-])([O-])[O-]. The van der Waals surface area contributed by atoms with Crippen LogP contribution in [-0.2, 0) is 20.0 Å². The molecule has 0 fully saturated rings. The van der Waals surface area contributed by atoms with Crippen LogP contribution in [-0.4, -0.2) is 27.0 Å². The average molecular weight is 498 g/mol. The van der Waals surface area contributed by atoms with E-state index in [1.807, 2.05) is 35.2 Å². The number of hydrogen-bond acceptors (Lipinski definition) is 11. The van der Waals surface area contributed by atoms with Crippen molar-refractivity contribution in [2.75, 3.05) is 4.72 Å². The minimum Gasteiger partial charge on any atom is -0.253 e. The molecule has 0 aliphatic rings. The van der Waals surface area contributed by atoms with Crippen LogP contribution in [0.2, 0.25) is 0 Å². The van der Waals surface area contributed by atoms with Crippen LogP contribution < -0.4 is 33.1 Å². The lowest BCUT2D eigenvalue weighted by atomic mass is 10.3. The van der Waals surface area contributed by atoms with Gasteiger partial charge in [0.2, 0.25) is 15.2 Å². The minimum absolute atomic E-state index is 0.000127. The first-order valence-corrected chi connectivity index (χ1v) is 12.4. The van der Waals surface area contributed by atoms with Crippen LogP contribution in [0, 0.1) is 10.2 Å². The van der Waals surface area contributed by atoms with E-state index in [1.54, 1.807) is 12.1 Å². The smallest absolute Gasteiger partial charge is 0.253 e. The Kier molecular flexibility index (Phi) is 7.40. The number of benzene rings is 1. The molecule has 2 heterocycles. The predicted octanol–water partition coefficient (Wildman–Crippen LogP) is -4.49. The van der Waals surface area contributed by atoms with Gasteiger partial charge >= 0.3 is 0 Å². The van der Waals surface area contributed by atoms with Gasteiger partial charge in [-0.25, -0.2) is 40.6 Å². The lowest BCUT2D eigenvalue weighted by Crippen LogP contribution is -2.68. The highest BCUT2D eigenvalue weighted by molar-refractivity contribution is 7.93. The van der Waals surface area contributed by atoms with E-state index in [9.17, 15) is 16.8 Å². The van der Waals surface area contributed by atoms with Gasteiger partial charge in [-0.2, -0.15) is 4.57 Å². The molecule has 0 unspecified atom stereocenters. The molecule has 162 valence electrons. The summed E-state index contributed by atoms with van der Waals surface area (Å²) in [6.45, 7) is 0. The zero-order valence-corrected chi connectivity index (χ0v) is 17.7. The number of hydrogen-bond donors (Lipinski definition) is 2. The highest BCUT2D eigenvalue weighted by atomic mass is 35.7. The second kappa shape index (κ2) is 9.25. The molecular formula is C13H12ClN5O8S3. The van der Waals surface area contributed by atoms with Gasteiger partial charge < -0.3 is 0 Å². The zero-order valence-electron chi connectivity index (χ0n) is 14.5. The summed E-state index contributed by atoms with van der Waals surface area (Å²) in [4.78, 5) is 0.000127. The summed E-state index contributed by atoms with van der Waals surface area (Å²) in [5, 5.41) is 11.5. The Morgan fingerprint density at radius 2 is 1.47 bits per heavy atom. The Balaban J connectivity index is 0.000000575. The Morgan fingerprint density at radius 1 is 0.933 bits per heavy atom. The van der Waals surface area contributed by atoms with Gasteiger partial charge in [0.1, 0.15) is 0 Å². The lowest BCUT2D eigenvalue weighted by Gasteiger charge is -2.17. The van der Waals surface area contributed by atoms with E-state index in [4.69, 9.17) is 23.8 Å². The highest BCUT2D eigenvalue weighted by Gasteiger charge is 2.20. The topological polar surface area (TPSA) is 228 Å². The van der Waals surface area contributed by atoms with Crippen molar-refractivity contribution in [3.63, 3.8) is 0 Å². The number of nitrogens with zero attached hydrogens (tertiary/aromatic N) is 3. The molecule has 17 heteroatoms. The number of primary sulfonamides is 1. The van der Waals surface area contributed by atoms with Crippen LogP contribution >= 0.6 is 11.3 Å². The maximum atomic E-state index is 12.3. The van der Waals surface area contributed by atoms with Gasteiger partial charge in [0.05, 0.1) is 4.90 Å². The quantitative estimate of drug-likeness (QED) is 0.321. The van der Waals surface area contributed by atoms with Crippen molar-refractivity contribution in [2.24, 2.45) is 5.14 Å². The molecule has 3 N–H and O–H groups in total. The van der Waals surface area contributed by atoms with Crippen molar-refractivity contribution in [3.8, 4) is 5.69 Å². The second-order valence-electron chi connectivity index (χ2n) is 5.18. The van der Waals surface area contributed by atoms with Crippen LogP contribution in [0.5, 0.6) is 0 Å². The normalized spacial score (nSPS) is 12.0. The van der Waals surface area contributed by atoms with Gasteiger partial charge in [-0.3, -0.25) is 4.72 Å². The predicted molar refractivity (Wildman–Crippen MR) is 90.1 cm³/mol. The van der Waals surface area contributed by atoms with E-state index in [-0.39, 0.29) is 10.0 Å². The fourth-order valence-corrected chi connectivity index (χ4v) is 4.47. The van der Waals surface area contributed by atoms with Crippen LogP contribution in [0.3, 0.4) is 0 Å². The van der Waals surface area contributed by atoms with Gasteiger partial charge in [0.25, 0.3) is 20.0 Å². The molecule has 13 nitrogen and oxygen atoms in total. The van der Waals surface area contributed by atoms with E-state index >= 15 is 0 Å². The van der Waals surface area contributed by atoms with E-state index < -0.39 is 34.6 Å². The van der Waals surface area contributed by atoms with E-state index in [1.165, 1.54) is 12.1 Å². The van der Waals surface area contributed by atoms with E-state index in [0.29, 0.717) is 11.3 Å². The van der Waals surface area contributed by atoms with E-state index in [0.717, 1.165) is 5.69 Å². The molecule has 0 saturated carbocycles. The number of nitrogens with two attached hydrogens (primary N) is 1. The van der Waals surface area contributed by atoms with Crippen LogP contribution in [0.1, 0.15) is 0 Å². The molecule has 3 rings (SSSR count). The third-order valence-corrected chi connectivity index (χ3v) is 6.66. The van der Waals surface area contributed by atoms with Gasteiger partial charge in [0, 0.05) is 24.3 Å².